The normalized spacial score (nSPS) is 23.9. The molecule has 3 heteroatoms. The fraction of sp³-hybridized carbons (Fsp3) is 0.500. The largest absolute Gasteiger partial charge is 0.449 e. The Labute approximate surface area is 88.6 Å². The maximum Gasteiger partial charge on any atom is 0.246 e. The maximum atomic E-state index is 9.97. The number of benzene rings is 1. The van der Waals surface area contributed by atoms with E-state index in [0.717, 1.165) is 29.9 Å². The Morgan fingerprint density at radius 1 is 1.13 bits per heavy atom. The van der Waals surface area contributed by atoms with Crippen LogP contribution in [0.5, 0.6) is 11.5 Å². The third kappa shape index (κ3) is 1.38. The predicted octanol–water partition coefficient (Wildman–Crippen LogP) is 2.18. The quantitative estimate of drug-likeness (QED) is 0.765. The van der Waals surface area contributed by atoms with E-state index in [1.165, 1.54) is 0 Å². The molecule has 0 unspecified atom stereocenters. The smallest absolute Gasteiger partial charge is 0.246 e. The van der Waals surface area contributed by atoms with E-state index in [1.807, 2.05) is 32.0 Å². The van der Waals surface area contributed by atoms with Crippen molar-refractivity contribution < 1.29 is 14.6 Å². The topological polar surface area (TPSA) is 38.7 Å². The molecule has 1 saturated carbocycles. The fourth-order valence-electron chi connectivity index (χ4n) is 1.92. The zero-order valence-corrected chi connectivity index (χ0v) is 8.91. The van der Waals surface area contributed by atoms with E-state index in [1.54, 1.807) is 0 Å². The molecule has 1 aromatic rings. The summed E-state index contributed by atoms with van der Waals surface area (Å²) in [5.74, 6) is 0.901. The van der Waals surface area contributed by atoms with Crippen LogP contribution in [-0.2, 0) is 5.60 Å². The molecule has 0 bridgehead atoms. The molecule has 15 heavy (non-hydrogen) atoms. The Kier molecular flexibility index (Phi) is 1.49. The molecule has 3 rings (SSSR count). The molecule has 80 valence electrons. The number of fused-ring (bicyclic) bond motifs is 1. The zero-order valence-electron chi connectivity index (χ0n) is 8.91. The standard InChI is InChI=1S/C12H14O3/c1-11(2)14-9-4-3-8(7-10(9)15-11)12(13)5-6-12/h3-4,7,13H,5-6H2,1-2H3. The van der Waals surface area contributed by atoms with Crippen molar-refractivity contribution in [3.05, 3.63) is 23.8 Å². The summed E-state index contributed by atoms with van der Waals surface area (Å²) in [4.78, 5) is 0. The van der Waals surface area contributed by atoms with Gasteiger partial charge in [0.2, 0.25) is 5.79 Å². The molecule has 3 nitrogen and oxygen atoms in total. The van der Waals surface area contributed by atoms with Crippen molar-refractivity contribution in [1.29, 1.82) is 0 Å². The first-order valence-corrected chi connectivity index (χ1v) is 5.24. The summed E-state index contributed by atoms with van der Waals surface area (Å²) in [5, 5.41) is 9.97. The Morgan fingerprint density at radius 3 is 2.47 bits per heavy atom. The molecule has 0 amide bonds. The SMILES string of the molecule is CC1(C)Oc2ccc(C3(O)CC3)cc2O1. The molecule has 0 radical (unpaired) electrons. The van der Waals surface area contributed by atoms with Crippen molar-refractivity contribution in [3.63, 3.8) is 0 Å². The van der Waals surface area contributed by atoms with E-state index >= 15 is 0 Å². The molecule has 1 heterocycles. The van der Waals surface area contributed by atoms with Gasteiger partial charge in [0.1, 0.15) is 0 Å². The van der Waals surface area contributed by atoms with Crippen molar-refractivity contribution in [2.24, 2.45) is 0 Å². The second-order valence-electron chi connectivity index (χ2n) is 4.80. The molecule has 1 aliphatic carbocycles. The summed E-state index contributed by atoms with van der Waals surface area (Å²) in [6.45, 7) is 3.75. The summed E-state index contributed by atoms with van der Waals surface area (Å²) in [6.07, 6.45) is 1.69. The third-order valence-corrected chi connectivity index (χ3v) is 2.92. The number of hydrogen-bond donors (Lipinski definition) is 1. The molecule has 0 saturated heterocycles. The van der Waals surface area contributed by atoms with Gasteiger partial charge >= 0.3 is 0 Å². The Morgan fingerprint density at radius 2 is 1.80 bits per heavy atom. The van der Waals surface area contributed by atoms with Gasteiger partial charge in [0.25, 0.3) is 0 Å². The first kappa shape index (κ1) is 9.04. The highest BCUT2D eigenvalue weighted by Crippen LogP contribution is 2.49. The van der Waals surface area contributed by atoms with E-state index < -0.39 is 11.4 Å². The number of aliphatic hydroxyl groups is 1. The number of rotatable bonds is 1. The van der Waals surface area contributed by atoms with Gasteiger partial charge in [-0.2, -0.15) is 0 Å². The molecule has 0 aromatic heterocycles. The van der Waals surface area contributed by atoms with E-state index in [9.17, 15) is 5.11 Å². The van der Waals surface area contributed by atoms with Gasteiger partial charge in [-0.25, -0.2) is 0 Å². The monoisotopic (exact) mass is 206 g/mol. The molecular weight excluding hydrogens is 192 g/mol. The molecule has 1 fully saturated rings. The van der Waals surface area contributed by atoms with Crippen LogP contribution in [0.4, 0.5) is 0 Å². The second-order valence-corrected chi connectivity index (χ2v) is 4.80. The van der Waals surface area contributed by atoms with Gasteiger partial charge in [0, 0.05) is 13.8 Å². The van der Waals surface area contributed by atoms with Gasteiger partial charge in [0.05, 0.1) is 5.60 Å². The molecule has 0 atom stereocenters. The van der Waals surface area contributed by atoms with Crippen molar-refractivity contribution in [3.8, 4) is 11.5 Å². The van der Waals surface area contributed by atoms with E-state index in [4.69, 9.17) is 9.47 Å². The van der Waals surface area contributed by atoms with Gasteiger partial charge < -0.3 is 14.6 Å². The zero-order chi connectivity index (χ0) is 10.7. The number of ether oxygens (including phenoxy) is 2. The Hall–Kier alpha value is -1.22. The summed E-state index contributed by atoms with van der Waals surface area (Å²) in [5.41, 5.74) is 0.327. The molecule has 1 aliphatic heterocycles. The molecule has 0 spiro atoms. The average molecular weight is 206 g/mol. The van der Waals surface area contributed by atoms with Crippen LogP contribution in [0.1, 0.15) is 32.3 Å². The lowest BCUT2D eigenvalue weighted by molar-refractivity contribution is -0.0432. The molecule has 1 aromatic carbocycles. The van der Waals surface area contributed by atoms with Crippen LogP contribution in [0.15, 0.2) is 18.2 Å². The van der Waals surface area contributed by atoms with Gasteiger partial charge in [-0.05, 0) is 30.5 Å². The fourth-order valence-corrected chi connectivity index (χ4v) is 1.92. The van der Waals surface area contributed by atoms with Crippen molar-refractivity contribution in [2.45, 2.75) is 38.1 Å². The van der Waals surface area contributed by atoms with Crippen LogP contribution in [0, 0.1) is 0 Å². The second kappa shape index (κ2) is 2.47. The summed E-state index contributed by atoms with van der Waals surface area (Å²) < 4.78 is 11.2. The summed E-state index contributed by atoms with van der Waals surface area (Å²) in [6, 6.07) is 5.67. The van der Waals surface area contributed by atoms with Crippen molar-refractivity contribution in [1.82, 2.24) is 0 Å². The maximum absolute atomic E-state index is 9.97. The summed E-state index contributed by atoms with van der Waals surface area (Å²) >= 11 is 0. The first-order chi connectivity index (χ1) is 6.99. The lowest BCUT2D eigenvalue weighted by Gasteiger charge is -2.16. The minimum Gasteiger partial charge on any atom is -0.449 e. The van der Waals surface area contributed by atoms with Crippen LogP contribution in [0.3, 0.4) is 0 Å². The van der Waals surface area contributed by atoms with Crippen LogP contribution < -0.4 is 9.47 Å². The highest BCUT2D eigenvalue weighted by molar-refractivity contribution is 5.48. The summed E-state index contributed by atoms with van der Waals surface area (Å²) in [7, 11) is 0. The third-order valence-electron chi connectivity index (χ3n) is 2.92. The highest BCUT2D eigenvalue weighted by atomic mass is 16.7. The van der Waals surface area contributed by atoms with Gasteiger partial charge in [-0.3, -0.25) is 0 Å². The molecular formula is C12H14O3. The minimum absolute atomic E-state index is 0.590. The highest BCUT2D eigenvalue weighted by Gasteiger charge is 2.43. The minimum atomic E-state index is -0.606. The van der Waals surface area contributed by atoms with Crippen molar-refractivity contribution in [2.75, 3.05) is 0 Å². The van der Waals surface area contributed by atoms with Crippen LogP contribution in [-0.4, -0.2) is 10.9 Å². The van der Waals surface area contributed by atoms with Crippen LogP contribution in [0.2, 0.25) is 0 Å². The molecule has 1 N–H and O–H groups in total. The first-order valence-electron chi connectivity index (χ1n) is 5.24. The van der Waals surface area contributed by atoms with E-state index in [0.29, 0.717) is 0 Å². The number of hydrogen-bond acceptors (Lipinski definition) is 3. The average Bonchev–Trinajstić information content (AvgIpc) is 2.78. The lowest BCUT2D eigenvalue weighted by atomic mass is 10.1. The Balaban J connectivity index is 1.99. The van der Waals surface area contributed by atoms with Gasteiger partial charge in [0.15, 0.2) is 11.5 Å². The molecule has 2 aliphatic rings. The van der Waals surface area contributed by atoms with E-state index in [2.05, 4.69) is 0 Å². The van der Waals surface area contributed by atoms with Crippen LogP contribution in [0.25, 0.3) is 0 Å². The van der Waals surface area contributed by atoms with E-state index in [-0.39, 0.29) is 0 Å². The van der Waals surface area contributed by atoms with Gasteiger partial charge in [-0.15, -0.1) is 0 Å². The van der Waals surface area contributed by atoms with Crippen molar-refractivity contribution >= 4 is 0 Å². The van der Waals surface area contributed by atoms with Gasteiger partial charge in [-0.1, -0.05) is 6.07 Å². The van der Waals surface area contributed by atoms with Crippen LogP contribution >= 0.6 is 0 Å². The Bertz CT molecular complexity index is 419. The predicted molar refractivity (Wildman–Crippen MR) is 54.9 cm³/mol. The lowest BCUT2D eigenvalue weighted by Crippen LogP contribution is -2.29.